The van der Waals surface area contributed by atoms with E-state index in [1.807, 2.05) is 36.4 Å². The zero-order valence-electron chi connectivity index (χ0n) is 8.76. The summed E-state index contributed by atoms with van der Waals surface area (Å²) in [7, 11) is 0. The molecule has 82 valence electrons. The van der Waals surface area contributed by atoms with Crippen molar-refractivity contribution in [2.75, 3.05) is 5.43 Å². The maximum Gasteiger partial charge on any atom is 0.130 e. The van der Waals surface area contributed by atoms with Crippen LogP contribution in [-0.4, -0.2) is 4.98 Å². The number of nitrogen functional groups attached to an aromatic ring is 1. The van der Waals surface area contributed by atoms with E-state index >= 15 is 0 Å². The number of nitrogens with zero attached hydrogens (tertiary/aromatic N) is 1. The Morgan fingerprint density at radius 3 is 2.75 bits per heavy atom. The molecule has 1 aromatic carbocycles. The standard InChI is InChI=1S/C12H13N3O/c13-15-10-6-7-14-11(8-10)9-16-12-4-2-1-3-5-12/h1-8H,9,13H2,(H,14,15). The Bertz CT molecular complexity index is 445. The van der Waals surface area contributed by atoms with Gasteiger partial charge < -0.3 is 10.2 Å². The molecule has 0 fully saturated rings. The number of hydrogen-bond acceptors (Lipinski definition) is 4. The van der Waals surface area contributed by atoms with Crippen LogP contribution in [0.15, 0.2) is 48.7 Å². The SMILES string of the molecule is NNc1ccnc(COc2ccccc2)c1. The maximum atomic E-state index is 5.56. The summed E-state index contributed by atoms with van der Waals surface area (Å²) in [4.78, 5) is 4.18. The average Bonchev–Trinajstić information content (AvgIpc) is 2.38. The Morgan fingerprint density at radius 1 is 1.19 bits per heavy atom. The van der Waals surface area contributed by atoms with Crippen molar-refractivity contribution in [2.24, 2.45) is 5.84 Å². The van der Waals surface area contributed by atoms with Crippen molar-refractivity contribution in [1.29, 1.82) is 0 Å². The van der Waals surface area contributed by atoms with E-state index in [4.69, 9.17) is 10.6 Å². The van der Waals surface area contributed by atoms with Crippen molar-refractivity contribution in [1.82, 2.24) is 4.98 Å². The number of aromatic nitrogens is 1. The van der Waals surface area contributed by atoms with Crippen LogP contribution in [0.25, 0.3) is 0 Å². The highest BCUT2D eigenvalue weighted by atomic mass is 16.5. The first-order valence-electron chi connectivity index (χ1n) is 4.98. The monoisotopic (exact) mass is 215 g/mol. The first-order chi connectivity index (χ1) is 7.88. The molecule has 1 aromatic heterocycles. The third-order valence-electron chi connectivity index (χ3n) is 2.11. The molecule has 4 heteroatoms. The van der Waals surface area contributed by atoms with Gasteiger partial charge in [-0.3, -0.25) is 10.8 Å². The van der Waals surface area contributed by atoms with Gasteiger partial charge in [0.1, 0.15) is 12.4 Å². The molecule has 0 amide bonds. The number of nitrogens with one attached hydrogen (secondary N) is 1. The Morgan fingerprint density at radius 2 is 2.00 bits per heavy atom. The van der Waals surface area contributed by atoms with Crippen LogP contribution < -0.4 is 16.0 Å². The Labute approximate surface area is 94.0 Å². The third kappa shape index (κ3) is 2.71. The van der Waals surface area contributed by atoms with Crippen LogP contribution in [0, 0.1) is 0 Å². The van der Waals surface area contributed by atoms with Crippen LogP contribution in [0.4, 0.5) is 5.69 Å². The molecule has 1 heterocycles. The Kier molecular flexibility index (Phi) is 3.35. The molecule has 16 heavy (non-hydrogen) atoms. The van der Waals surface area contributed by atoms with Crippen molar-refractivity contribution in [3.63, 3.8) is 0 Å². The zero-order chi connectivity index (χ0) is 11.2. The topological polar surface area (TPSA) is 60.2 Å². The van der Waals surface area contributed by atoms with Crippen molar-refractivity contribution in [2.45, 2.75) is 6.61 Å². The van der Waals surface area contributed by atoms with Crippen LogP contribution in [-0.2, 0) is 6.61 Å². The number of hydrazine groups is 1. The molecule has 2 aromatic rings. The number of para-hydroxylation sites is 1. The van der Waals surface area contributed by atoms with Crippen LogP contribution >= 0.6 is 0 Å². The lowest BCUT2D eigenvalue weighted by Gasteiger charge is -2.06. The fourth-order valence-corrected chi connectivity index (χ4v) is 1.32. The highest BCUT2D eigenvalue weighted by Crippen LogP contribution is 2.12. The summed E-state index contributed by atoms with van der Waals surface area (Å²) in [5, 5.41) is 0. The van der Waals surface area contributed by atoms with Gasteiger partial charge >= 0.3 is 0 Å². The second-order valence-electron chi connectivity index (χ2n) is 3.28. The Balaban J connectivity index is 1.99. The quantitative estimate of drug-likeness (QED) is 0.604. The van der Waals surface area contributed by atoms with E-state index in [2.05, 4.69) is 10.4 Å². The van der Waals surface area contributed by atoms with Gasteiger partial charge in [-0.2, -0.15) is 0 Å². The molecule has 0 spiro atoms. The van der Waals surface area contributed by atoms with E-state index in [0.29, 0.717) is 6.61 Å². The summed E-state index contributed by atoms with van der Waals surface area (Å²) in [5.74, 6) is 6.14. The molecule has 0 aliphatic carbocycles. The summed E-state index contributed by atoms with van der Waals surface area (Å²) in [6.07, 6.45) is 1.69. The van der Waals surface area contributed by atoms with Gasteiger partial charge in [0.2, 0.25) is 0 Å². The molecule has 4 nitrogen and oxygen atoms in total. The van der Waals surface area contributed by atoms with Gasteiger partial charge in [0.05, 0.1) is 11.4 Å². The molecular weight excluding hydrogens is 202 g/mol. The maximum absolute atomic E-state index is 5.56. The van der Waals surface area contributed by atoms with E-state index in [9.17, 15) is 0 Å². The number of anilines is 1. The first-order valence-corrected chi connectivity index (χ1v) is 4.98. The van der Waals surface area contributed by atoms with Gasteiger partial charge in [0.15, 0.2) is 0 Å². The van der Waals surface area contributed by atoms with Gasteiger partial charge in [0.25, 0.3) is 0 Å². The highest BCUT2D eigenvalue weighted by molar-refractivity contribution is 5.41. The van der Waals surface area contributed by atoms with Crippen molar-refractivity contribution in [3.8, 4) is 5.75 Å². The summed E-state index contributed by atoms with van der Waals surface area (Å²) in [6, 6.07) is 13.3. The second kappa shape index (κ2) is 5.14. The Hall–Kier alpha value is -2.07. The fraction of sp³-hybridized carbons (Fsp3) is 0.0833. The average molecular weight is 215 g/mol. The van der Waals surface area contributed by atoms with Gasteiger partial charge in [-0.15, -0.1) is 0 Å². The molecule has 0 aliphatic rings. The molecular formula is C12H13N3O. The summed E-state index contributed by atoms with van der Waals surface area (Å²) >= 11 is 0. The minimum atomic E-state index is 0.430. The van der Waals surface area contributed by atoms with Gasteiger partial charge in [-0.25, -0.2) is 0 Å². The lowest BCUT2D eigenvalue weighted by Crippen LogP contribution is -2.08. The number of benzene rings is 1. The minimum Gasteiger partial charge on any atom is -0.487 e. The molecule has 0 radical (unpaired) electrons. The highest BCUT2D eigenvalue weighted by Gasteiger charge is 1.97. The molecule has 0 aliphatic heterocycles. The largest absolute Gasteiger partial charge is 0.487 e. The third-order valence-corrected chi connectivity index (χ3v) is 2.11. The number of ether oxygens (including phenoxy) is 1. The van der Waals surface area contributed by atoms with Gasteiger partial charge in [-0.1, -0.05) is 18.2 Å². The van der Waals surface area contributed by atoms with Crippen molar-refractivity contribution < 1.29 is 4.74 Å². The predicted octanol–water partition coefficient (Wildman–Crippen LogP) is 1.95. The van der Waals surface area contributed by atoms with E-state index in [0.717, 1.165) is 17.1 Å². The van der Waals surface area contributed by atoms with E-state index in [-0.39, 0.29) is 0 Å². The number of hydrogen-bond donors (Lipinski definition) is 2. The van der Waals surface area contributed by atoms with Crippen LogP contribution in [0.3, 0.4) is 0 Å². The minimum absolute atomic E-state index is 0.430. The van der Waals surface area contributed by atoms with E-state index in [1.54, 1.807) is 12.3 Å². The molecule has 0 unspecified atom stereocenters. The van der Waals surface area contributed by atoms with Crippen molar-refractivity contribution >= 4 is 5.69 Å². The second-order valence-corrected chi connectivity index (χ2v) is 3.28. The van der Waals surface area contributed by atoms with E-state index in [1.165, 1.54) is 0 Å². The van der Waals surface area contributed by atoms with Crippen LogP contribution in [0.5, 0.6) is 5.75 Å². The molecule has 0 bridgehead atoms. The molecule has 2 rings (SSSR count). The van der Waals surface area contributed by atoms with Gasteiger partial charge in [-0.05, 0) is 24.3 Å². The normalized spacial score (nSPS) is 9.81. The molecule has 0 saturated heterocycles. The van der Waals surface area contributed by atoms with E-state index < -0.39 is 0 Å². The number of pyridine rings is 1. The summed E-state index contributed by atoms with van der Waals surface area (Å²) in [5.41, 5.74) is 4.22. The fourth-order valence-electron chi connectivity index (χ4n) is 1.32. The van der Waals surface area contributed by atoms with Gasteiger partial charge in [0, 0.05) is 6.20 Å². The zero-order valence-corrected chi connectivity index (χ0v) is 8.76. The molecule has 3 N–H and O–H groups in total. The predicted molar refractivity (Wildman–Crippen MR) is 62.8 cm³/mol. The molecule has 0 atom stereocenters. The summed E-state index contributed by atoms with van der Waals surface area (Å²) < 4.78 is 5.56. The lowest BCUT2D eigenvalue weighted by atomic mass is 10.3. The van der Waals surface area contributed by atoms with Crippen LogP contribution in [0.1, 0.15) is 5.69 Å². The molecule has 0 saturated carbocycles. The lowest BCUT2D eigenvalue weighted by molar-refractivity contribution is 0.301. The number of nitrogens with two attached hydrogens (primary N) is 1. The van der Waals surface area contributed by atoms with Crippen LogP contribution in [0.2, 0.25) is 0 Å². The smallest absolute Gasteiger partial charge is 0.130 e. The number of rotatable bonds is 4. The summed E-state index contributed by atoms with van der Waals surface area (Å²) in [6.45, 7) is 0.430. The van der Waals surface area contributed by atoms with Crippen molar-refractivity contribution in [3.05, 3.63) is 54.4 Å². The first kappa shape index (κ1) is 10.4.